The van der Waals surface area contributed by atoms with Crippen LogP contribution >= 0.6 is 15.9 Å². The number of allylic oxidation sites excluding steroid dienone is 2. The maximum Gasteiger partial charge on any atom is 0.233 e. The quantitative estimate of drug-likeness (QED) is 0.439. The Kier molecular flexibility index (Phi) is 1.95. The Morgan fingerprint density at radius 3 is 2.12 bits per heavy atom. The van der Waals surface area contributed by atoms with Crippen LogP contribution in [0.2, 0.25) is 0 Å². The molecular weight excluding hydrogens is 282 g/mol. The van der Waals surface area contributed by atoms with Gasteiger partial charge in [0.15, 0.2) is 0 Å². The van der Waals surface area contributed by atoms with Crippen LogP contribution in [0.5, 0.6) is 0 Å². The highest BCUT2D eigenvalue weighted by molar-refractivity contribution is 9.09. The first kappa shape index (κ1) is 10.3. The number of hydrogen-bond acceptors (Lipinski definition) is 2. The second-order valence-corrected chi connectivity index (χ2v) is 6.46. The standard InChI is InChI=1S/C13H14BrNO2/c14-3-4-15-12(16)10-6-1-2-7(9-5-8(6)9)11(10)13(15)17/h1-2,6-11H,3-5H2/t6-,7+,8?,9?,10?,11?. The van der Waals surface area contributed by atoms with Crippen molar-refractivity contribution in [2.75, 3.05) is 11.9 Å². The lowest BCUT2D eigenvalue weighted by Crippen LogP contribution is -2.40. The Morgan fingerprint density at radius 1 is 1.12 bits per heavy atom. The van der Waals surface area contributed by atoms with Crippen molar-refractivity contribution in [1.29, 1.82) is 0 Å². The number of amides is 2. The molecule has 0 aromatic rings. The van der Waals surface area contributed by atoms with Gasteiger partial charge in [-0.15, -0.1) is 0 Å². The molecule has 2 amide bonds. The molecule has 17 heavy (non-hydrogen) atoms. The average Bonchev–Trinajstić information content (AvgIpc) is 3.11. The zero-order valence-corrected chi connectivity index (χ0v) is 11.0. The lowest BCUT2D eigenvalue weighted by atomic mass is 9.63. The molecule has 4 heteroatoms. The lowest BCUT2D eigenvalue weighted by molar-refractivity contribution is -0.139. The van der Waals surface area contributed by atoms with E-state index in [-0.39, 0.29) is 23.7 Å². The molecule has 5 aliphatic rings. The van der Waals surface area contributed by atoms with Gasteiger partial charge in [0.1, 0.15) is 0 Å². The minimum atomic E-state index is -0.0275. The number of nitrogens with zero attached hydrogens (tertiary/aromatic N) is 1. The van der Waals surface area contributed by atoms with Crippen LogP contribution in [0.3, 0.4) is 0 Å². The van der Waals surface area contributed by atoms with E-state index in [4.69, 9.17) is 0 Å². The topological polar surface area (TPSA) is 37.4 Å². The molecule has 0 aromatic carbocycles. The molecule has 1 saturated heterocycles. The number of carbonyl (C=O) groups is 2. The Hall–Kier alpha value is -0.640. The van der Waals surface area contributed by atoms with Gasteiger partial charge < -0.3 is 0 Å². The molecule has 0 aromatic heterocycles. The smallest absolute Gasteiger partial charge is 0.233 e. The van der Waals surface area contributed by atoms with E-state index in [0.717, 1.165) is 0 Å². The Morgan fingerprint density at radius 2 is 1.65 bits per heavy atom. The Balaban J connectivity index is 1.74. The van der Waals surface area contributed by atoms with Crippen LogP contribution in [-0.4, -0.2) is 28.6 Å². The van der Waals surface area contributed by atoms with Crippen molar-refractivity contribution in [1.82, 2.24) is 4.90 Å². The fourth-order valence-corrected chi connectivity index (χ4v) is 4.68. The molecular formula is C13H14BrNO2. The van der Waals surface area contributed by atoms with Crippen molar-refractivity contribution in [3.63, 3.8) is 0 Å². The Bertz CT molecular complexity index is 411. The molecule has 3 nitrogen and oxygen atoms in total. The van der Waals surface area contributed by atoms with Crippen LogP contribution in [0.15, 0.2) is 12.2 Å². The fourth-order valence-electron chi connectivity index (χ4n) is 4.32. The minimum absolute atomic E-state index is 0.0275. The third-order valence-electron chi connectivity index (χ3n) is 5.06. The molecule has 3 fully saturated rings. The summed E-state index contributed by atoms with van der Waals surface area (Å²) in [5, 5.41) is 0.680. The number of likely N-dealkylation sites (tertiary alicyclic amines) is 1. The Labute approximate surface area is 108 Å². The van der Waals surface area contributed by atoms with E-state index < -0.39 is 0 Å². The van der Waals surface area contributed by atoms with E-state index in [1.54, 1.807) is 0 Å². The zero-order chi connectivity index (χ0) is 11.7. The first-order valence-corrected chi connectivity index (χ1v) is 7.45. The number of imide groups is 1. The molecule has 6 atom stereocenters. The van der Waals surface area contributed by atoms with Crippen LogP contribution in [-0.2, 0) is 9.59 Å². The molecule has 4 unspecified atom stereocenters. The second-order valence-electron chi connectivity index (χ2n) is 5.67. The van der Waals surface area contributed by atoms with Crippen LogP contribution in [0.4, 0.5) is 0 Å². The molecule has 2 bridgehead atoms. The van der Waals surface area contributed by atoms with Gasteiger partial charge in [0, 0.05) is 11.9 Å². The summed E-state index contributed by atoms with van der Waals surface area (Å²) in [6, 6.07) is 0. The summed E-state index contributed by atoms with van der Waals surface area (Å²) in [6.07, 6.45) is 5.65. The summed E-state index contributed by atoms with van der Waals surface area (Å²) in [7, 11) is 0. The number of hydrogen-bond donors (Lipinski definition) is 0. The van der Waals surface area contributed by atoms with Crippen molar-refractivity contribution < 1.29 is 9.59 Å². The number of carbonyl (C=O) groups excluding carboxylic acids is 2. The maximum atomic E-state index is 12.3. The molecule has 4 aliphatic carbocycles. The molecule has 0 spiro atoms. The summed E-state index contributed by atoms with van der Waals surface area (Å²) in [5.74, 6) is 2.23. The minimum Gasteiger partial charge on any atom is -0.281 e. The zero-order valence-electron chi connectivity index (χ0n) is 9.38. The average molecular weight is 296 g/mol. The molecule has 5 rings (SSSR count). The highest BCUT2D eigenvalue weighted by Gasteiger charge is 2.66. The summed E-state index contributed by atoms with van der Waals surface area (Å²) < 4.78 is 0. The monoisotopic (exact) mass is 295 g/mol. The van der Waals surface area contributed by atoms with Crippen molar-refractivity contribution in [2.45, 2.75) is 6.42 Å². The predicted octanol–water partition coefficient (Wildman–Crippen LogP) is 1.43. The SMILES string of the molecule is O=C1C2C(C(=O)N1CCBr)[C@H]1C=C[C@@H]2C2CC21. The van der Waals surface area contributed by atoms with Crippen molar-refractivity contribution in [2.24, 2.45) is 35.5 Å². The maximum absolute atomic E-state index is 12.3. The van der Waals surface area contributed by atoms with Crippen molar-refractivity contribution in [3.05, 3.63) is 12.2 Å². The summed E-state index contributed by atoms with van der Waals surface area (Å²) in [4.78, 5) is 26.2. The van der Waals surface area contributed by atoms with E-state index in [1.807, 2.05) is 0 Å². The van der Waals surface area contributed by atoms with Gasteiger partial charge in [-0.1, -0.05) is 28.1 Å². The van der Waals surface area contributed by atoms with E-state index in [9.17, 15) is 9.59 Å². The predicted molar refractivity (Wildman–Crippen MR) is 65.2 cm³/mol. The first-order chi connectivity index (χ1) is 8.24. The van der Waals surface area contributed by atoms with E-state index in [2.05, 4.69) is 28.1 Å². The van der Waals surface area contributed by atoms with Crippen molar-refractivity contribution in [3.8, 4) is 0 Å². The van der Waals surface area contributed by atoms with Gasteiger partial charge in [-0.3, -0.25) is 14.5 Å². The molecule has 1 heterocycles. The van der Waals surface area contributed by atoms with Gasteiger partial charge in [0.05, 0.1) is 11.8 Å². The van der Waals surface area contributed by atoms with Gasteiger partial charge in [0.2, 0.25) is 11.8 Å². The molecule has 0 N–H and O–H groups in total. The highest BCUT2D eigenvalue weighted by Crippen LogP contribution is 2.65. The van der Waals surface area contributed by atoms with E-state index in [0.29, 0.717) is 35.5 Å². The van der Waals surface area contributed by atoms with Crippen molar-refractivity contribution >= 4 is 27.7 Å². The molecule has 2 saturated carbocycles. The summed E-state index contributed by atoms with van der Waals surface area (Å²) in [5.41, 5.74) is 0. The number of halogens is 1. The van der Waals surface area contributed by atoms with Gasteiger partial charge in [0.25, 0.3) is 0 Å². The molecule has 1 aliphatic heterocycles. The lowest BCUT2D eigenvalue weighted by Gasteiger charge is -2.37. The first-order valence-electron chi connectivity index (χ1n) is 6.33. The molecule has 0 radical (unpaired) electrons. The van der Waals surface area contributed by atoms with Gasteiger partial charge >= 0.3 is 0 Å². The van der Waals surface area contributed by atoms with Gasteiger partial charge in [-0.05, 0) is 30.1 Å². The summed E-state index contributed by atoms with van der Waals surface area (Å²) >= 11 is 3.32. The second kappa shape index (κ2) is 3.22. The fraction of sp³-hybridized carbons (Fsp3) is 0.692. The number of alkyl halides is 1. The van der Waals surface area contributed by atoms with Crippen LogP contribution in [0.1, 0.15) is 6.42 Å². The number of rotatable bonds is 2. The van der Waals surface area contributed by atoms with Crippen LogP contribution < -0.4 is 0 Å². The van der Waals surface area contributed by atoms with Gasteiger partial charge in [-0.25, -0.2) is 0 Å². The summed E-state index contributed by atoms with van der Waals surface area (Å²) in [6.45, 7) is 0.527. The normalized spacial score (nSPS) is 49.6. The van der Waals surface area contributed by atoms with E-state index in [1.165, 1.54) is 11.3 Å². The third-order valence-corrected chi connectivity index (χ3v) is 5.42. The van der Waals surface area contributed by atoms with Crippen LogP contribution in [0, 0.1) is 35.5 Å². The van der Waals surface area contributed by atoms with Gasteiger partial charge in [-0.2, -0.15) is 0 Å². The third kappa shape index (κ3) is 1.13. The molecule has 90 valence electrons. The highest BCUT2D eigenvalue weighted by atomic mass is 79.9. The van der Waals surface area contributed by atoms with Crippen LogP contribution in [0.25, 0.3) is 0 Å². The largest absolute Gasteiger partial charge is 0.281 e. The van der Waals surface area contributed by atoms with E-state index >= 15 is 0 Å².